The average molecular weight is 438 g/mol. The van der Waals surface area contributed by atoms with E-state index in [0.717, 1.165) is 12.8 Å². The van der Waals surface area contributed by atoms with Gasteiger partial charge in [-0.2, -0.15) is 8.78 Å². The SMILES string of the molecule is C=C[C@@H](O)C[C@](C)(CCCC)[C@H]1[C@@H]2[C@H](C[C@H]1O)OC(=CCCCC(=O)[O-])C2(F)F.[Na+]. The van der Waals surface area contributed by atoms with Gasteiger partial charge < -0.3 is 24.9 Å². The number of ether oxygens (including phenoxy) is 1. The number of carboxylic acids is 1. The molecule has 5 nitrogen and oxygen atoms in total. The quantitative estimate of drug-likeness (QED) is 0.268. The van der Waals surface area contributed by atoms with Crippen LogP contribution in [0.4, 0.5) is 8.78 Å². The van der Waals surface area contributed by atoms with E-state index >= 15 is 8.78 Å². The van der Waals surface area contributed by atoms with E-state index in [-0.39, 0.29) is 61.7 Å². The normalized spacial score (nSPS) is 31.3. The number of carbonyl (C=O) groups excluding carboxylic acids is 1. The van der Waals surface area contributed by atoms with E-state index < -0.39 is 53.2 Å². The van der Waals surface area contributed by atoms with Crippen molar-refractivity contribution < 1.29 is 63.2 Å². The minimum absolute atomic E-state index is 0. The summed E-state index contributed by atoms with van der Waals surface area (Å²) in [5.41, 5.74) is -0.695. The van der Waals surface area contributed by atoms with Crippen molar-refractivity contribution in [1.29, 1.82) is 0 Å². The first-order chi connectivity index (χ1) is 13.6. The number of hydrogen-bond acceptors (Lipinski definition) is 5. The number of hydrogen-bond donors (Lipinski definition) is 2. The number of rotatable bonds is 11. The number of allylic oxidation sites excluding steroid dienone is 2. The molecule has 1 aliphatic carbocycles. The Bertz CT molecular complexity index is 627. The van der Waals surface area contributed by atoms with Crippen molar-refractivity contribution in [2.75, 3.05) is 0 Å². The predicted molar refractivity (Wildman–Crippen MR) is 103 cm³/mol. The van der Waals surface area contributed by atoms with Gasteiger partial charge in [-0.05, 0) is 43.6 Å². The molecule has 0 amide bonds. The van der Waals surface area contributed by atoms with E-state index in [9.17, 15) is 20.1 Å². The Balaban J connectivity index is 0.00000450. The molecule has 1 saturated carbocycles. The van der Waals surface area contributed by atoms with Crippen LogP contribution in [0.25, 0.3) is 0 Å². The first kappa shape index (κ1) is 27.6. The van der Waals surface area contributed by atoms with Crippen molar-refractivity contribution in [2.24, 2.45) is 17.3 Å². The molecule has 1 aliphatic heterocycles. The molecule has 0 aromatic rings. The van der Waals surface area contributed by atoms with Gasteiger partial charge in [-0.25, -0.2) is 0 Å². The van der Waals surface area contributed by atoms with Gasteiger partial charge >= 0.3 is 35.5 Å². The molecule has 0 aromatic carbocycles. The summed E-state index contributed by atoms with van der Waals surface area (Å²) < 4.78 is 36.2. The largest absolute Gasteiger partial charge is 1.00 e. The molecule has 6 atom stereocenters. The molecule has 1 saturated heterocycles. The van der Waals surface area contributed by atoms with Crippen LogP contribution in [0.5, 0.6) is 0 Å². The molecule has 1 heterocycles. The molecule has 0 unspecified atom stereocenters. The molecule has 0 bridgehead atoms. The first-order valence-corrected chi connectivity index (χ1v) is 10.5. The summed E-state index contributed by atoms with van der Waals surface area (Å²) in [6.07, 6.45) is 2.94. The third-order valence-electron chi connectivity index (χ3n) is 6.47. The standard InChI is InChI=1S/C22H34F2O5.Na/c1-4-6-11-21(3,13-14(25)5-2)19-15(26)12-16-20(19)22(23,24)17(29-16)9-7-8-10-18(27)28;/h5,9,14-16,19-20,25-26H,2,4,6-8,10-13H2,1,3H3,(H,27,28);/q;+1/p-1/t14-,15-,16+,19-,20+,21+;/m1./s1. The summed E-state index contributed by atoms with van der Waals surface area (Å²) in [6.45, 7) is 7.47. The summed E-state index contributed by atoms with van der Waals surface area (Å²) in [4.78, 5) is 10.5. The van der Waals surface area contributed by atoms with E-state index in [1.54, 1.807) is 0 Å². The van der Waals surface area contributed by atoms with E-state index in [1.165, 1.54) is 12.2 Å². The monoisotopic (exact) mass is 438 g/mol. The fourth-order valence-corrected chi connectivity index (χ4v) is 5.10. The van der Waals surface area contributed by atoms with Crippen molar-refractivity contribution >= 4 is 5.97 Å². The van der Waals surface area contributed by atoms with Crippen molar-refractivity contribution in [2.45, 2.75) is 89.4 Å². The van der Waals surface area contributed by atoms with E-state index in [2.05, 4.69) is 6.58 Å². The second kappa shape index (κ2) is 11.4. The Hall–Kier alpha value is -0.470. The Morgan fingerprint density at radius 3 is 2.70 bits per heavy atom. The molecule has 0 aromatic heterocycles. The van der Waals surface area contributed by atoms with Crippen LogP contribution in [-0.2, 0) is 9.53 Å². The van der Waals surface area contributed by atoms with Gasteiger partial charge in [-0.1, -0.05) is 32.8 Å². The number of fused-ring (bicyclic) bond motifs is 1. The van der Waals surface area contributed by atoms with Crippen LogP contribution in [0.3, 0.4) is 0 Å². The molecular formula is C22H33F2NaO5. The van der Waals surface area contributed by atoms with Crippen LogP contribution >= 0.6 is 0 Å². The number of aliphatic carboxylic acids is 1. The van der Waals surface area contributed by atoms with Crippen LogP contribution in [0.2, 0.25) is 0 Å². The van der Waals surface area contributed by atoms with Gasteiger partial charge in [-0.15, -0.1) is 6.58 Å². The molecule has 0 spiro atoms. The zero-order chi connectivity index (χ0) is 21.8. The van der Waals surface area contributed by atoms with Crippen LogP contribution in [0.15, 0.2) is 24.5 Å². The average Bonchev–Trinajstić information content (AvgIpc) is 3.10. The van der Waals surface area contributed by atoms with Crippen LogP contribution in [0, 0.1) is 17.3 Å². The number of aliphatic hydroxyl groups excluding tert-OH is 2. The van der Waals surface area contributed by atoms with Crippen LogP contribution < -0.4 is 34.7 Å². The number of alkyl halides is 2. The predicted octanol–water partition coefficient (Wildman–Crippen LogP) is -0.0409. The summed E-state index contributed by atoms with van der Waals surface area (Å²) >= 11 is 0. The van der Waals surface area contributed by atoms with Crippen molar-refractivity contribution in [1.82, 2.24) is 0 Å². The molecule has 166 valence electrons. The number of aliphatic hydroxyl groups is 2. The maximum atomic E-state index is 15.3. The summed E-state index contributed by atoms with van der Waals surface area (Å²) in [7, 11) is 0. The molecule has 8 heteroatoms. The molecular weight excluding hydrogens is 405 g/mol. The third-order valence-corrected chi connectivity index (χ3v) is 6.47. The van der Waals surface area contributed by atoms with Crippen LogP contribution in [0.1, 0.15) is 65.2 Å². The van der Waals surface area contributed by atoms with Gasteiger partial charge in [0.1, 0.15) is 6.10 Å². The number of carboxylic acid groups (broad SMARTS) is 1. The maximum Gasteiger partial charge on any atom is 1.00 e. The molecule has 2 N–H and O–H groups in total. The zero-order valence-electron chi connectivity index (χ0n) is 18.3. The van der Waals surface area contributed by atoms with Crippen molar-refractivity contribution in [3.05, 3.63) is 24.5 Å². The summed E-state index contributed by atoms with van der Waals surface area (Å²) in [5, 5.41) is 31.4. The summed E-state index contributed by atoms with van der Waals surface area (Å²) in [5.74, 6) is -6.79. The van der Waals surface area contributed by atoms with Gasteiger partial charge in [0.15, 0.2) is 5.76 Å². The van der Waals surface area contributed by atoms with Gasteiger partial charge in [0.2, 0.25) is 0 Å². The fourth-order valence-electron chi connectivity index (χ4n) is 5.10. The Morgan fingerprint density at radius 2 is 2.13 bits per heavy atom. The Morgan fingerprint density at radius 1 is 1.47 bits per heavy atom. The van der Waals surface area contributed by atoms with E-state index in [1.807, 2.05) is 13.8 Å². The van der Waals surface area contributed by atoms with Gasteiger partial charge in [0, 0.05) is 18.3 Å². The van der Waals surface area contributed by atoms with E-state index in [0.29, 0.717) is 6.42 Å². The third kappa shape index (κ3) is 6.06. The molecule has 2 aliphatic rings. The minimum Gasteiger partial charge on any atom is -0.550 e. The Labute approximate surface area is 199 Å². The fraction of sp³-hybridized carbons (Fsp3) is 0.773. The van der Waals surface area contributed by atoms with Gasteiger partial charge in [0.25, 0.3) is 0 Å². The van der Waals surface area contributed by atoms with Crippen molar-refractivity contribution in [3.63, 3.8) is 0 Å². The van der Waals surface area contributed by atoms with Gasteiger partial charge in [0.05, 0.1) is 18.1 Å². The minimum atomic E-state index is -3.25. The molecule has 2 fully saturated rings. The molecule has 0 radical (unpaired) electrons. The number of unbranched alkanes of at least 4 members (excludes halogenated alkanes) is 2. The molecule has 2 rings (SSSR count). The second-order valence-electron chi connectivity index (χ2n) is 8.73. The van der Waals surface area contributed by atoms with Crippen LogP contribution in [-0.4, -0.2) is 40.4 Å². The molecule has 30 heavy (non-hydrogen) atoms. The maximum absolute atomic E-state index is 15.3. The Kier molecular flexibility index (Phi) is 10.5. The smallest absolute Gasteiger partial charge is 0.550 e. The zero-order valence-corrected chi connectivity index (χ0v) is 20.3. The number of carbonyl (C=O) groups is 1. The number of halogens is 2. The van der Waals surface area contributed by atoms with Gasteiger partial charge in [-0.3, -0.25) is 0 Å². The topological polar surface area (TPSA) is 89.8 Å². The van der Waals surface area contributed by atoms with E-state index in [4.69, 9.17) is 4.74 Å². The first-order valence-electron chi connectivity index (χ1n) is 10.5. The van der Waals surface area contributed by atoms with Crippen molar-refractivity contribution in [3.8, 4) is 0 Å². The summed E-state index contributed by atoms with van der Waals surface area (Å²) in [6, 6.07) is 0. The second-order valence-corrected chi connectivity index (χ2v) is 8.73.